The fourth-order valence-corrected chi connectivity index (χ4v) is 5.00. The van der Waals surface area contributed by atoms with Crippen molar-refractivity contribution in [3.05, 3.63) is 54.5 Å². The number of aromatic nitrogens is 3. The van der Waals surface area contributed by atoms with Crippen LogP contribution in [0, 0.1) is 11.3 Å². The quantitative estimate of drug-likeness (QED) is 0.338. The van der Waals surface area contributed by atoms with Gasteiger partial charge in [0.2, 0.25) is 20.8 Å². The highest BCUT2D eigenvalue weighted by atomic mass is 32.2. The van der Waals surface area contributed by atoms with E-state index in [0.29, 0.717) is 17.2 Å². The summed E-state index contributed by atoms with van der Waals surface area (Å²) in [5.74, 6) is 0.204. The van der Waals surface area contributed by atoms with Gasteiger partial charge in [-0.25, -0.2) is 18.4 Å². The van der Waals surface area contributed by atoms with Crippen molar-refractivity contribution in [3.8, 4) is 17.5 Å². The molecule has 0 bridgehead atoms. The van der Waals surface area contributed by atoms with Gasteiger partial charge in [0.25, 0.3) is 0 Å². The Kier molecular flexibility index (Phi) is 5.57. The van der Waals surface area contributed by atoms with Gasteiger partial charge in [-0.05, 0) is 49.1 Å². The Hall–Kier alpha value is -3.33. The standard InChI is InChI=1S/C22H20N6O3S2/c1-33(29,30)19-12-26-22(31-19)18-11-25-21-17(5-6-24-21)20(18)27-14-8-15(9-14)28-32-16-4-2-3-13(7-16)10-23/h2-7,11-12,14-15,28H,8-9H2,1H3,(H2,24,25,27). The number of nitrogens with zero attached hydrogens (tertiary/aromatic N) is 3. The highest BCUT2D eigenvalue weighted by molar-refractivity contribution is 7.97. The number of aromatic amines is 1. The molecule has 0 aliphatic heterocycles. The summed E-state index contributed by atoms with van der Waals surface area (Å²) in [5, 5.41) is 13.3. The Balaban J connectivity index is 1.30. The molecule has 0 saturated heterocycles. The van der Waals surface area contributed by atoms with E-state index < -0.39 is 9.84 Å². The lowest BCUT2D eigenvalue weighted by Crippen LogP contribution is -2.45. The van der Waals surface area contributed by atoms with Crippen molar-refractivity contribution in [2.24, 2.45) is 0 Å². The molecule has 0 amide bonds. The number of nitriles is 1. The van der Waals surface area contributed by atoms with Gasteiger partial charge in [0.15, 0.2) is 0 Å². The van der Waals surface area contributed by atoms with Gasteiger partial charge < -0.3 is 14.7 Å². The summed E-state index contributed by atoms with van der Waals surface area (Å²) < 4.78 is 32.6. The van der Waals surface area contributed by atoms with Gasteiger partial charge in [0.1, 0.15) is 5.65 Å². The zero-order valence-electron chi connectivity index (χ0n) is 17.6. The van der Waals surface area contributed by atoms with E-state index in [2.05, 4.69) is 31.1 Å². The molecular weight excluding hydrogens is 460 g/mol. The highest BCUT2D eigenvalue weighted by Gasteiger charge is 2.31. The lowest BCUT2D eigenvalue weighted by Gasteiger charge is -2.37. The Bertz CT molecular complexity index is 1460. The van der Waals surface area contributed by atoms with Crippen molar-refractivity contribution in [1.29, 1.82) is 5.26 Å². The Morgan fingerprint density at radius 2 is 2.06 bits per heavy atom. The largest absolute Gasteiger partial charge is 0.425 e. The summed E-state index contributed by atoms with van der Waals surface area (Å²) >= 11 is 1.53. The molecule has 11 heteroatoms. The van der Waals surface area contributed by atoms with Gasteiger partial charge >= 0.3 is 0 Å². The minimum absolute atomic E-state index is 0.178. The molecule has 0 radical (unpaired) electrons. The zero-order valence-corrected chi connectivity index (χ0v) is 19.2. The van der Waals surface area contributed by atoms with Gasteiger partial charge in [0.05, 0.1) is 29.1 Å². The molecule has 1 aliphatic rings. The number of fused-ring (bicyclic) bond motifs is 1. The number of rotatable bonds is 7. The van der Waals surface area contributed by atoms with Crippen LogP contribution in [0.2, 0.25) is 0 Å². The number of pyridine rings is 1. The molecular formula is C22H20N6O3S2. The van der Waals surface area contributed by atoms with Crippen LogP contribution in [0.4, 0.5) is 5.69 Å². The predicted molar refractivity (Wildman–Crippen MR) is 125 cm³/mol. The van der Waals surface area contributed by atoms with Crippen molar-refractivity contribution in [3.63, 3.8) is 0 Å². The first-order chi connectivity index (χ1) is 15.9. The third kappa shape index (κ3) is 4.45. The maximum atomic E-state index is 11.8. The molecule has 0 unspecified atom stereocenters. The number of hydrogen-bond acceptors (Lipinski definition) is 9. The van der Waals surface area contributed by atoms with Gasteiger partial charge in [0, 0.05) is 41.0 Å². The molecule has 1 aromatic carbocycles. The molecule has 1 aliphatic carbocycles. The monoisotopic (exact) mass is 480 g/mol. The third-order valence-electron chi connectivity index (χ3n) is 5.46. The summed E-state index contributed by atoms with van der Waals surface area (Å²) in [6.45, 7) is 0. The maximum Gasteiger partial charge on any atom is 0.238 e. The van der Waals surface area contributed by atoms with Crippen molar-refractivity contribution in [1.82, 2.24) is 19.7 Å². The zero-order chi connectivity index (χ0) is 23.0. The molecule has 3 aromatic heterocycles. The second kappa shape index (κ2) is 8.55. The smallest absolute Gasteiger partial charge is 0.238 e. The fraction of sp³-hybridized carbons (Fsp3) is 0.227. The maximum absolute atomic E-state index is 11.8. The Morgan fingerprint density at radius 3 is 2.82 bits per heavy atom. The minimum Gasteiger partial charge on any atom is -0.425 e. The van der Waals surface area contributed by atoms with Crippen LogP contribution in [0.3, 0.4) is 0 Å². The van der Waals surface area contributed by atoms with E-state index in [0.717, 1.165) is 40.7 Å². The SMILES string of the molecule is CS(=O)(=O)c1cnc(-c2cnc3[nH]ccc3c2NC2CC(NSc3cccc(C#N)c3)C2)o1. The molecule has 3 heterocycles. The molecule has 4 aromatic rings. The topological polar surface area (TPSA) is 137 Å². The molecule has 0 atom stereocenters. The molecule has 33 heavy (non-hydrogen) atoms. The lowest BCUT2D eigenvalue weighted by atomic mass is 9.87. The first-order valence-electron chi connectivity index (χ1n) is 10.2. The normalized spacial score (nSPS) is 18.1. The molecule has 9 nitrogen and oxygen atoms in total. The van der Waals surface area contributed by atoms with Crippen LogP contribution in [0.5, 0.6) is 0 Å². The van der Waals surface area contributed by atoms with E-state index >= 15 is 0 Å². The second-order valence-corrected chi connectivity index (χ2v) is 10.8. The number of benzene rings is 1. The number of oxazole rings is 1. The number of nitrogens with one attached hydrogen (secondary N) is 3. The van der Waals surface area contributed by atoms with Crippen molar-refractivity contribution in [2.45, 2.75) is 34.9 Å². The number of H-pyrrole nitrogens is 1. The first kappa shape index (κ1) is 21.5. The summed E-state index contributed by atoms with van der Waals surface area (Å²) in [7, 11) is -3.50. The van der Waals surface area contributed by atoms with E-state index in [1.165, 1.54) is 18.1 Å². The summed E-state index contributed by atoms with van der Waals surface area (Å²) in [5.41, 5.74) is 2.77. The van der Waals surface area contributed by atoms with Gasteiger partial charge in [-0.1, -0.05) is 6.07 Å². The third-order valence-corrected chi connectivity index (χ3v) is 7.32. The summed E-state index contributed by atoms with van der Waals surface area (Å²) in [6.07, 6.45) is 7.54. The van der Waals surface area contributed by atoms with Crippen LogP contribution in [0.1, 0.15) is 18.4 Å². The van der Waals surface area contributed by atoms with E-state index in [1.54, 1.807) is 18.5 Å². The lowest BCUT2D eigenvalue weighted by molar-refractivity contribution is 0.355. The van der Waals surface area contributed by atoms with Crippen molar-refractivity contribution < 1.29 is 12.8 Å². The van der Waals surface area contributed by atoms with E-state index in [-0.39, 0.29) is 17.0 Å². The molecule has 0 spiro atoms. The van der Waals surface area contributed by atoms with Gasteiger partial charge in [-0.3, -0.25) is 4.72 Å². The van der Waals surface area contributed by atoms with Crippen LogP contribution in [0.25, 0.3) is 22.5 Å². The predicted octanol–water partition coefficient (Wildman–Crippen LogP) is 3.73. The average Bonchev–Trinajstić information content (AvgIpc) is 3.45. The molecule has 3 N–H and O–H groups in total. The Labute approximate surface area is 194 Å². The van der Waals surface area contributed by atoms with Crippen LogP contribution in [-0.4, -0.2) is 41.7 Å². The second-order valence-electron chi connectivity index (χ2n) is 7.91. The van der Waals surface area contributed by atoms with Crippen LogP contribution in [0.15, 0.2) is 63.3 Å². The fourth-order valence-electron chi connectivity index (χ4n) is 3.70. The van der Waals surface area contributed by atoms with Gasteiger partial charge in [-0.15, -0.1) is 0 Å². The van der Waals surface area contributed by atoms with E-state index in [9.17, 15) is 8.42 Å². The number of anilines is 1. The van der Waals surface area contributed by atoms with Gasteiger partial charge in [-0.2, -0.15) is 5.26 Å². The number of hydrogen-bond donors (Lipinski definition) is 3. The molecule has 168 valence electrons. The molecule has 1 fully saturated rings. The van der Waals surface area contributed by atoms with Crippen LogP contribution < -0.4 is 10.0 Å². The number of sulfone groups is 1. The summed E-state index contributed by atoms with van der Waals surface area (Å²) in [4.78, 5) is 12.7. The summed E-state index contributed by atoms with van der Waals surface area (Å²) in [6, 6.07) is 12.1. The first-order valence-corrected chi connectivity index (χ1v) is 12.9. The Morgan fingerprint density at radius 1 is 1.21 bits per heavy atom. The average molecular weight is 481 g/mol. The van der Waals surface area contributed by atoms with Crippen LogP contribution in [-0.2, 0) is 9.84 Å². The minimum atomic E-state index is -3.50. The van der Waals surface area contributed by atoms with E-state index in [4.69, 9.17) is 9.68 Å². The van der Waals surface area contributed by atoms with E-state index in [1.807, 2.05) is 24.3 Å². The van der Waals surface area contributed by atoms with Crippen molar-refractivity contribution in [2.75, 3.05) is 11.6 Å². The van der Waals surface area contributed by atoms with Crippen molar-refractivity contribution >= 4 is 38.5 Å². The molecule has 1 saturated carbocycles. The highest BCUT2D eigenvalue weighted by Crippen LogP contribution is 2.37. The molecule has 5 rings (SSSR count). The van der Waals surface area contributed by atoms with Crippen LogP contribution >= 0.6 is 11.9 Å².